The van der Waals surface area contributed by atoms with Crippen molar-refractivity contribution in [3.8, 4) is 0 Å². The van der Waals surface area contributed by atoms with E-state index in [1.54, 1.807) is 25.2 Å². The van der Waals surface area contributed by atoms with E-state index in [9.17, 15) is 18.0 Å². The summed E-state index contributed by atoms with van der Waals surface area (Å²) in [4.78, 5) is 22.4. The molecule has 0 amide bonds. The molecule has 1 atom stereocenters. The number of rotatable bonds is 6. The maximum atomic E-state index is 12.6. The number of anilines is 1. The van der Waals surface area contributed by atoms with Gasteiger partial charge in [-0.15, -0.1) is 0 Å². The molecule has 0 unspecified atom stereocenters. The number of ketones is 1. The molecule has 0 spiro atoms. The molecule has 0 saturated heterocycles. The SMILES string of the molecule is CN(C)/C=C/C(=O)C1=NO[C@@H](CNc2ncc(C(F)(F)F)cc2Cl)C1. The summed E-state index contributed by atoms with van der Waals surface area (Å²) in [5.74, 6) is -0.160. The van der Waals surface area contributed by atoms with Gasteiger partial charge in [0.25, 0.3) is 0 Å². The Morgan fingerprint density at radius 2 is 2.24 bits per heavy atom. The van der Waals surface area contributed by atoms with Crippen molar-refractivity contribution in [2.45, 2.75) is 18.7 Å². The summed E-state index contributed by atoms with van der Waals surface area (Å²) in [6.07, 6.45) is -0.989. The van der Waals surface area contributed by atoms with Crippen LogP contribution in [0.3, 0.4) is 0 Å². The van der Waals surface area contributed by atoms with E-state index < -0.39 is 17.8 Å². The van der Waals surface area contributed by atoms with Crippen LogP contribution in [-0.4, -0.2) is 48.1 Å². The van der Waals surface area contributed by atoms with Gasteiger partial charge >= 0.3 is 6.18 Å². The second-order valence-corrected chi connectivity index (χ2v) is 5.95. The molecule has 1 N–H and O–H groups in total. The molecule has 10 heteroatoms. The van der Waals surface area contributed by atoms with Gasteiger partial charge in [-0.05, 0) is 6.07 Å². The number of pyridine rings is 1. The second-order valence-electron chi connectivity index (χ2n) is 5.55. The van der Waals surface area contributed by atoms with Crippen LogP contribution in [0.4, 0.5) is 19.0 Å². The van der Waals surface area contributed by atoms with Gasteiger partial charge < -0.3 is 15.1 Å². The minimum absolute atomic E-state index is 0.102. The molecule has 0 saturated carbocycles. The van der Waals surface area contributed by atoms with Crippen molar-refractivity contribution in [1.82, 2.24) is 9.88 Å². The van der Waals surface area contributed by atoms with Crippen LogP contribution >= 0.6 is 11.6 Å². The van der Waals surface area contributed by atoms with E-state index in [0.29, 0.717) is 6.20 Å². The van der Waals surface area contributed by atoms with Gasteiger partial charge in [0.2, 0.25) is 5.78 Å². The maximum absolute atomic E-state index is 12.6. The van der Waals surface area contributed by atoms with E-state index >= 15 is 0 Å². The van der Waals surface area contributed by atoms with Crippen molar-refractivity contribution >= 4 is 28.9 Å². The normalized spacial score (nSPS) is 17.4. The van der Waals surface area contributed by atoms with E-state index in [1.165, 1.54) is 6.08 Å². The van der Waals surface area contributed by atoms with Crippen LogP contribution in [0.1, 0.15) is 12.0 Å². The lowest BCUT2D eigenvalue weighted by atomic mass is 10.1. The van der Waals surface area contributed by atoms with Crippen molar-refractivity contribution in [2.24, 2.45) is 5.16 Å². The van der Waals surface area contributed by atoms with Crippen molar-refractivity contribution in [3.63, 3.8) is 0 Å². The minimum atomic E-state index is -4.51. The standard InChI is InChI=1S/C15H16ClF3N4O2/c1-23(2)4-3-13(24)12-6-10(25-22-12)8-21-14-11(16)5-9(7-20-14)15(17,18)19/h3-5,7,10H,6,8H2,1-2H3,(H,20,21)/b4-3+/t10-/m1/s1. The molecule has 2 rings (SSSR count). The number of oxime groups is 1. The molecule has 6 nitrogen and oxygen atoms in total. The van der Waals surface area contributed by atoms with Gasteiger partial charge in [-0.3, -0.25) is 4.79 Å². The van der Waals surface area contributed by atoms with Gasteiger partial charge in [0, 0.05) is 39.0 Å². The van der Waals surface area contributed by atoms with E-state index in [-0.39, 0.29) is 35.3 Å². The number of nitrogens with zero attached hydrogens (tertiary/aromatic N) is 3. The van der Waals surface area contributed by atoms with Crippen LogP contribution in [0.25, 0.3) is 0 Å². The summed E-state index contributed by atoms with van der Waals surface area (Å²) >= 11 is 5.81. The molecule has 0 aliphatic carbocycles. The zero-order valence-corrected chi connectivity index (χ0v) is 14.2. The molecule has 1 aliphatic heterocycles. The lowest BCUT2D eigenvalue weighted by Gasteiger charge is -2.13. The maximum Gasteiger partial charge on any atom is 0.417 e. The predicted molar refractivity (Wildman–Crippen MR) is 87.5 cm³/mol. The molecule has 136 valence electrons. The van der Waals surface area contributed by atoms with Crippen LogP contribution in [0.2, 0.25) is 5.02 Å². The molecule has 25 heavy (non-hydrogen) atoms. The summed E-state index contributed by atoms with van der Waals surface area (Å²) in [6.45, 7) is 0.190. The lowest BCUT2D eigenvalue weighted by Crippen LogP contribution is -2.22. The highest BCUT2D eigenvalue weighted by Gasteiger charge is 2.32. The number of aromatic nitrogens is 1. The van der Waals surface area contributed by atoms with Crippen LogP contribution < -0.4 is 5.32 Å². The highest BCUT2D eigenvalue weighted by Crippen LogP contribution is 2.32. The van der Waals surface area contributed by atoms with E-state index in [4.69, 9.17) is 16.4 Å². The Balaban J connectivity index is 1.89. The lowest BCUT2D eigenvalue weighted by molar-refractivity contribution is -0.137. The number of halogens is 4. The van der Waals surface area contributed by atoms with E-state index in [2.05, 4.69) is 15.5 Å². The fraction of sp³-hybridized carbons (Fsp3) is 0.400. The summed E-state index contributed by atoms with van der Waals surface area (Å²) in [5, 5.41) is 6.37. The highest BCUT2D eigenvalue weighted by molar-refractivity contribution is 6.44. The first-order valence-electron chi connectivity index (χ1n) is 7.25. The number of alkyl halides is 3. The number of hydrogen-bond acceptors (Lipinski definition) is 6. The summed E-state index contributed by atoms with van der Waals surface area (Å²) in [5.41, 5.74) is -0.652. The average molecular weight is 377 g/mol. The predicted octanol–water partition coefficient (Wildman–Crippen LogP) is 2.96. The Labute approximate surface area is 147 Å². The van der Waals surface area contributed by atoms with Crippen molar-refractivity contribution in [2.75, 3.05) is 26.0 Å². The highest BCUT2D eigenvalue weighted by atomic mass is 35.5. The molecule has 0 aromatic carbocycles. The van der Waals surface area contributed by atoms with Gasteiger partial charge in [0.15, 0.2) is 6.10 Å². The molecule has 1 aliphatic rings. The largest absolute Gasteiger partial charge is 0.417 e. The first-order valence-corrected chi connectivity index (χ1v) is 7.63. The topological polar surface area (TPSA) is 66.8 Å². The molecular weight excluding hydrogens is 361 g/mol. The second kappa shape index (κ2) is 7.73. The minimum Gasteiger partial charge on any atom is -0.390 e. The number of hydrogen-bond donors (Lipinski definition) is 1. The zero-order valence-electron chi connectivity index (χ0n) is 13.5. The first-order chi connectivity index (χ1) is 11.7. The van der Waals surface area contributed by atoms with Crippen molar-refractivity contribution in [1.29, 1.82) is 0 Å². The van der Waals surface area contributed by atoms with Gasteiger partial charge in [-0.25, -0.2) is 4.98 Å². The zero-order chi connectivity index (χ0) is 18.6. The van der Waals surface area contributed by atoms with Crippen LogP contribution in [0.15, 0.2) is 29.7 Å². The smallest absolute Gasteiger partial charge is 0.390 e. The molecule has 0 fully saturated rings. The third kappa shape index (κ3) is 5.35. The fourth-order valence-corrected chi connectivity index (χ4v) is 2.16. The molecule has 2 heterocycles. The van der Waals surface area contributed by atoms with Crippen molar-refractivity contribution < 1.29 is 22.8 Å². The molecule has 1 aromatic rings. The Morgan fingerprint density at radius 1 is 1.52 bits per heavy atom. The van der Waals surface area contributed by atoms with Gasteiger partial charge in [-0.2, -0.15) is 13.2 Å². The number of allylic oxidation sites excluding steroid dienone is 1. The molecule has 0 radical (unpaired) electrons. The van der Waals surface area contributed by atoms with E-state index in [0.717, 1.165) is 6.07 Å². The quantitative estimate of drug-likeness (QED) is 0.773. The third-order valence-corrected chi connectivity index (χ3v) is 3.50. The number of carbonyl (C=O) groups is 1. The van der Waals surface area contributed by atoms with Crippen molar-refractivity contribution in [3.05, 3.63) is 35.1 Å². The Morgan fingerprint density at radius 3 is 2.84 bits per heavy atom. The molecular formula is C15H16ClF3N4O2. The number of nitrogens with one attached hydrogen (secondary N) is 1. The van der Waals surface area contributed by atoms with Gasteiger partial charge in [-0.1, -0.05) is 16.8 Å². The molecule has 1 aromatic heterocycles. The molecule has 0 bridgehead atoms. The Hall–Kier alpha value is -2.29. The first kappa shape index (κ1) is 19.0. The third-order valence-electron chi connectivity index (χ3n) is 3.21. The van der Waals surface area contributed by atoms with Crippen LogP contribution in [-0.2, 0) is 15.8 Å². The average Bonchev–Trinajstić information content (AvgIpc) is 2.99. The monoisotopic (exact) mass is 376 g/mol. The van der Waals surface area contributed by atoms with Gasteiger partial charge in [0.05, 0.1) is 17.1 Å². The fourth-order valence-electron chi connectivity index (χ4n) is 1.93. The van der Waals surface area contributed by atoms with Crippen LogP contribution in [0.5, 0.6) is 0 Å². The summed E-state index contributed by atoms with van der Waals surface area (Å²) in [6, 6.07) is 0.796. The Bertz CT molecular complexity index is 705. The van der Waals surface area contributed by atoms with E-state index in [1.807, 2.05) is 0 Å². The number of carbonyl (C=O) groups excluding carboxylic acids is 1. The van der Waals surface area contributed by atoms with Crippen LogP contribution in [0, 0.1) is 0 Å². The van der Waals surface area contributed by atoms with Gasteiger partial charge in [0.1, 0.15) is 11.5 Å². The summed E-state index contributed by atoms with van der Waals surface area (Å²) < 4.78 is 37.7. The Kier molecular flexibility index (Phi) is 5.89. The summed E-state index contributed by atoms with van der Waals surface area (Å²) in [7, 11) is 3.56.